The third-order valence-electron chi connectivity index (χ3n) is 4.66. The quantitative estimate of drug-likeness (QED) is 0.644. The summed E-state index contributed by atoms with van der Waals surface area (Å²) in [6.45, 7) is 6.37. The summed E-state index contributed by atoms with van der Waals surface area (Å²) in [5.74, 6) is -0.270. The molecule has 3 rings (SSSR count). The molecule has 1 N–H and O–H groups in total. The predicted molar refractivity (Wildman–Crippen MR) is 113 cm³/mol. The third kappa shape index (κ3) is 4.38. The van der Waals surface area contributed by atoms with Crippen molar-refractivity contribution < 1.29 is 13.2 Å². The highest BCUT2D eigenvalue weighted by molar-refractivity contribution is 7.89. The second-order valence-corrected chi connectivity index (χ2v) is 8.44. The fourth-order valence-corrected chi connectivity index (χ4v) is 4.48. The Bertz CT molecular complexity index is 1080. The van der Waals surface area contributed by atoms with Crippen LogP contribution in [0.4, 0.5) is 5.69 Å². The van der Waals surface area contributed by atoms with Crippen molar-refractivity contribution in [2.24, 2.45) is 0 Å². The van der Waals surface area contributed by atoms with E-state index >= 15 is 0 Å². The minimum atomic E-state index is -3.52. The first-order valence-corrected chi connectivity index (χ1v) is 10.8. The summed E-state index contributed by atoms with van der Waals surface area (Å²) >= 11 is 0. The van der Waals surface area contributed by atoms with Gasteiger partial charge in [0, 0.05) is 36.2 Å². The van der Waals surface area contributed by atoms with Crippen LogP contribution in [0.15, 0.2) is 65.7 Å². The number of carbonyl (C=O) groups excluding carboxylic acids is 1. The molecule has 2 aromatic carbocycles. The molecule has 0 aliphatic rings. The van der Waals surface area contributed by atoms with Gasteiger partial charge in [0.1, 0.15) is 0 Å². The lowest BCUT2D eigenvalue weighted by molar-refractivity contribution is 0.102. The summed E-state index contributed by atoms with van der Waals surface area (Å²) in [6.07, 6.45) is 1.72. The highest BCUT2D eigenvalue weighted by Crippen LogP contribution is 2.19. The maximum absolute atomic E-state index is 12.5. The third-order valence-corrected chi connectivity index (χ3v) is 6.73. The number of anilines is 1. The van der Waals surface area contributed by atoms with E-state index in [2.05, 4.69) is 10.4 Å². The molecule has 0 fully saturated rings. The predicted octanol–water partition coefficient (Wildman–Crippen LogP) is 3.46. The van der Waals surface area contributed by atoms with Crippen LogP contribution in [0, 0.1) is 6.92 Å². The van der Waals surface area contributed by atoms with E-state index in [1.165, 1.54) is 16.4 Å². The normalized spacial score (nSPS) is 11.6. The lowest BCUT2D eigenvalue weighted by Gasteiger charge is -2.18. The maximum Gasteiger partial charge on any atom is 0.255 e. The van der Waals surface area contributed by atoms with Crippen molar-refractivity contribution in [3.63, 3.8) is 0 Å². The molecule has 0 bridgehead atoms. The largest absolute Gasteiger partial charge is 0.322 e. The number of nitrogens with one attached hydrogen (secondary N) is 1. The lowest BCUT2D eigenvalue weighted by Crippen LogP contribution is -2.30. The molecule has 29 heavy (non-hydrogen) atoms. The highest BCUT2D eigenvalue weighted by Gasteiger charge is 2.21. The Morgan fingerprint density at radius 3 is 2.14 bits per heavy atom. The van der Waals surface area contributed by atoms with Crippen LogP contribution in [0.3, 0.4) is 0 Å². The molecule has 0 spiro atoms. The monoisotopic (exact) mass is 412 g/mol. The summed E-state index contributed by atoms with van der Waals surface area (Å²) in [4.78, 5) is 12.7. The van der Waals surface area contributed by atoms with Crippen molar-refractivity contribution in [2.75, 3.05) is 18.4 Å². The van der Waals surface area contributed by atoms with Gasteiger partial charge < -0.3 is 5.32 Å². The number of hydrogen-bond acceptors (Lipinski definition) is 4. The SMILES string of the molecule is CCN(CC)S(=O)(=O)c1ccc(NC(=O)c2ccc(-n3nccc3C)cc2)cc1. The molecular formula is C21H24N4O3S. The molecule has 152 valence electrons. The number of amides is 1. The summed E-state index contributed by atoms with van der Waals surface area (Å²) < 4.78 is 28.2. The van der Waals surface area contributed by atoms with Crippen LogP contribution >= 0.6 is 0 Å². The van der Waals surface area contributed by atoms with Gasteiger partial charge in [0.25, 0.3) is 5.91 Å². The summed E-state index contributed by atoms with van der Waals surface area (Å²) in [5, 5.41) is 7.03. The smallest absolute Gasteiger partial charge is 0.255 e. The van der Waals surface area contributed by atoms with Gasteiger partial charge in [-0.2, -0.15) is 9.40 Å². The summed E-state index contributed by atoms with van der Waals surface area (Å²) in [5.41, 5.74) is 2.90. The van der Waals surface area contributed by atoms with Crippen molar-refractivity contribution in [3.8, 4) is 5.69 Å². The van der Waals surface area contributed by atoms with Crippen LogP contribution in [0.5, 0.6) is 0 Å². The van der Waals surface area contributed by atoms with E-state index < -0.39 is 10.0 Å². The number of hydrogen-bond donors (Lipinski definition) is 1. The van der Waals surface area contributed by atoms with Gasteiger partial charge in [-0.05, 0) is 61.5 Å². The number of rotatable bonds is 7. The molecule has 8 heteroatoms. The van der Waals surface area contributed by atoms with Gasteiger partial charge >= 0.3 is 0 Å². The number of carbonyl (C=O) groups is 1. The Labute approximate surface area is 171 Å². The lowest BCUT2D eigenvalue weighted by atomic mass is 10.2. The zero-order valence-corrected chi connectivity index (χ0v) is 17.5. The van der Waals surface area contributed by atoms with Crippen LogP contribution in [-0.4, -0.2) is 41.5 Å². The van der Waals surface area contributed by atoms with Crippen LogP contribution in [-0.2, 0) is 10.0 Å². The molecule has 0 aliphatic carbocycles. The zero-order valence-electron chi connectivity index (χ0n) is 16.7. The number of aromatic nitrogens is 2. The van der Waals surface area contributed by atoms with Crippen LogP contribution < -0.4 is 5.32 Å². The molecule has 3 aromatic rings. The Hall–Kier alpha value is -2.97. The molecule has 0 saturated carbocycles. The van der Waals surface area contributed by atoms with Crippen molar-refractivity contribution in [3.05, 3.63) is 72.1 Å². The highest BCUT2D eigenvalue weighted by atomic mass is 32.2. The Balaban J connectivity index is 1.72. The van der Waals surface area contributed by atoms with Gasteiger partial charge in [-0.25, -0.2) is 13.1 Å². The Morgan fingerprint density at radius 1 is 1.00 bits per heavy atom. The minimum absolute atomic E-state index is 0.207. The van der Waals surface area contributed by atoms with E-state index in [4.69, 9.17) is 0 Å². The molecule has 0 atom stereocenters. The molecule has 0 unspecified atom stereocenters. The van der Waals surface area contributed by atoms with E-state index in [1.54, 1.807) is 49.0 Å². The molecule has 0 aliphatic heterocycles. The maximum atomic E-state index is 12.5. The van der Waals surface area contributed by atoms with Crippen molar-refractivity contribution in [1.82, 2.24) is 14.1 Å². The first-order valence-electron chi connectivity index (χ1n) is 9.39. The van der Waals surface area contributed by atoms with Gasteiger partial charge in [-0.15, -0.1) is 0 Å². The topological polar surface area (TPSA) is 84.3 Å². The Kier molecular flexibility index (Phi) is 6.14. The second-order valence-electron chi connectivity index (χ2n) is 6.50. The van der Waals surface area contributed by atoms with Crippen LogP contribution in [0.1, 0.15) is 29.9 Å². The van der Waals surface area contributed by atoms with Gasteiger partial charge in [-0.3, -0.25) is 4.79 Å². The van der Waals surface area contributed by atoms with Crippen LogP contribution in [0.25, 0.3) is 5.69 Å². The second kappa shape index (κ2) is 8.59. The molecule has 0 radical (unpaired) electrons. The first-order chi connectivity index (χ1) is 13.9. The van der Waals surface area contributed by atoms with Gasteiger partial charge in [0.2, 0.25) is 10.0 Å². The molecule has 1 heterocycles. The van der Waals surface area contributed by atoms with Gasteiger partial charge in [0.05, 0.1) is 10.6 Å². The average molecular weight is 413 g/mol. The summed E-state index contributed by atoms with van der Waals surface area (Å²) in [6, 6.07) is 15.2. The van der Waals surface area contributed by atoms with Crippen molar-refractivity contribution in [1.29, 1.82) is 0 Å². The van der Waals surface area contributed by atoms with Gasteiger partial charge in [0.15, 0.2) is 0 Å². The Morgan fingerprint density at radius 2 is 1.62 bits per heavy atom. The molecule has 0 saturated heterocycles. The molecular weight excluding hydrogens is 388 g/mol. The fourth-order valence-electron chi connectivity index (χ4n) is 3.02. The molecule has 1 amide bonds. The number of sulfonamides is 1. The zero-order chi connectivity index (χ0) is 21.0. The molecule has 7 nitrogen and oxygen atoms in total. The number of aryl methyl sites for hydroxylation is 1. The minimum Gasteiger partial charge on any atom is -0.322 e. The standard InChI is InChI=1S/C21H24N4O3S/c1-4-24(5-2)29(27,28)20-12-8-18(9-13-20)23-21(26)17-6-10-19(11-7-17)25-16(3)14-15-22-25/h6-15H,4-5H2,1-3H3,(H,23,26). The number of benzene rings is 2. The van der Waals surface area contributed by atoms with E-state index in [0.717, 1.165) is 11.4 Å². The number of nitrogens with zero attached hydrogens (tertiary/aromatic N) is 3. The van der Waals surface area contributed by atoms with E-state index in [0.29, 0.717) is 24.3 Å². The van der Waals surface area contributed by atoms with E-state index in [9.17, 15) is 13.2 Å². The van der Waals surface area contributed by atoms with Crippen LogP contribution in [0.2, 0.25) is 0 Å². The van der Waals surface area contributed by atoms with Gasteiger partial charge in [-0.1, -0.05) is 13.8 Å². The van der Waals surface area contributed by atoms with E-state index in [1.807, 2.05) is 25.1 Å². The van der Waals surface area contributed by atoms with E-state index in [-0.39, 0.29) is 10.8 Å². The fraction of sp³-hybridized carbons (Fsp3) is 0.238. The van der Waals surface area contributed by atoms with Crippen molar-refractivity contribution in [2.45, 2.75) is 25.7 Å². The summed E-state index contributed by atoms with van der Waals surface area (Å²) in [7, 11) is -3.52. The first kappa shape index (κ1) is 20.8. The average Bonchev–Trinajstić information content (AvgIpc) is 3.15. The molecule has 1 aromatic heterocycles. The van der Waals surface area contributed by atoms with Crippen molar-refractivity contribution >= 4 is 21.6 Å².